The van der Waals surface area contributed by atoms with Gasteiger partial charge in [-0.2, -0.15) is 0 Å². The van der Waals surface area contributed by atoms with Crippen LogP contribution in [0.2, 0.25) is 0 Å². The molecule has 0 saturated carbocycles. The highest BCUT2D eigenvalue weighted by atomic mass is 15.3. The SMILES string of the molecule is CC(C)=C[N+](C)(C)CC#CC(C)(C)C. The van der Waals surface area contributed by atoms with Crippen LogP contribution in [0.25, 0.3) is 0 Å². The van der Waals surface area contributed by atoms with Crippen LogP contribution in [0.5, 0.6) is 0 Å². The van der Waals surface area contributed by atoms with Crippen LogP contribution in [0, 0.1) is 17.3 Å². The van der Waals surface area contributed by atoms with Crippen LogP contribution < -0.4 is 0 Å². The molecule has 0 aromatic rings. The summed E-state index contributed by atoms with van der Waals surface area (Å²) < 4.78 is 0.839. The first-order chi connectivity index (χ1) is 6.12. The van der Waals surface area contributed by atoms with Gasteiger partial charge in [0.15, 0.2) is 0 Å². The minimum atomic E-state index is 0.116. The van der Waals surface area contributed by atoms with Crippen molar-refractivity contribution in [2.45, 2.75) is 34.6 Å². The predicted octanol–water partition coefficient (Wildman–Crippen LogP) is 3.04. The van der Waals surface area contributed by atoms with E-state index in [-0.39, 0.29) is 5.41 Å². The highest BCUT2D eigenvalue weighted by Gasteiger charge is 2.10. The van der Waals surface area contributed by atoms with Gasteiger partial charge < -0.3 is 0 Å². The highest BCUT2D eigenvalue weighted by Crippen LogP contribution is 2.10. The van der Waals surface area contributed by atoms with Crippen molar-refractivity contribution in [1.82, 2.24) is 0 Å². The fraction of sp³-hybridized carbons (Fsp3) is 0.692. The van der Waals surface area contributed by atoms with Crippen molar-refractivity contribution in [2.24, 2.45) is 5.41 Å². The fourth-order valence-corrected chi connectivity index (χ4v) is 1.25. The third kappa shape index (κ3) is 7.89. The molecule has 0 aromatic carbocycles. The third-order valence-corrected chi connectivity index (χ3v) is 1.56. The quantitative estimate of drug-likeness (QED) is 0.468. The van der Waals surface area contributed by atoms with E-state index in [9.17, 15) is 0 Å². The van der Waals surface area contributed by atoms with Crippen LogP contribution in [0.3, 0.4) is 0 Å². The van der Waals surface area contributed by atoms with Crippen molar-refractivity contribution >= 4 is 0 Å². The van der Waals surface area contributed by atoms with E-state index in [2.05, 4.69) is 66.8 Å². The zero-order chi connectivity index (χ0) is 11.4. The molecule has 1 nitrogen and oxygen atoms in total. The smallest absolute Gasteiger partial charge is 0.144 e. The molecule has 0 radical (unpaired) electrons. The van der Waals surface area contributed by atoms with Crippen molar-refractivity contribution in [3.8, 4) is 11.8 Å². The monoisotopic (exact) mass is 194 g/mol. The number of hydrogen-bond acceptors (Lipinski definition) is 0. The van der Waals surface area contributed by atoms with E-state index in [1.807, 2.05) is 0 Å². The molecule has 0 N–H and O–H groups in total. The summed E-state index contributed by atoms with van der Waals surface area (Å²) in [6.45, 7) is 11.5. The van der Waals surface area contributed by atoms with Gasteiger partial charge in [0.25, 0.3) is 0 Å². The minimum Gasteiger partial charge on any atom is -0.292 e. The first-order valence-electron chi connectivity index (χ1n) is 5.11. The Morgan fingerprint density at radius 1 is 1.21 bits per heavy atom. The van der Waals surface area contributed by atoms with Crippen LogP contribution in [-0.2, 0) is 0 Å². The van der Waals surface area contributed by atoms with Gasteiger partial charge in [0, 0.05) is 5.41 Å². The topological polar surface area (TPSA) is 0 Å². The van der Waals surface area contributed by atoms with Crippen LogP contribution in [0.1, 0.15) is 34.6 Å². The van der Waals surface area contributed by atoms with Crippen molar-refractivity contribution in [2.75, 3.05) is 20.6 Å². The van der Waals surface area contributed by atoms with Gasteiger partial charge in [-0.3, -0.25) is 4.48 Å². The molecule has 0 saturated heterocycles. The van der Waals surface area contributed by atoms with Crippen molar-refractivity contribution < 1.29 is 4.48 Å². The Bertz CT molecular complexity index is 262. The lowest BCUT2D eigenvalue weighted by Gasteiger charge is -2.22. The van der Waals surface area contributed by atoms with Gasteiger partial charge >= 0.3 is 0 Å². The first-order valence-corrected chi connectivity index (χ1v) is 5.11. The Labute approximate surface area is 89.4 Å². The zero-order valence-electron chi connectivity index (χ0n) is 10.7. The lowest BCUT2D eigenvalue weighted by atomic mass is 9.98. The highest BCUT2D eigenvalue weighted by molar-refractivity contribution is 5.07. The summed E-state index contributed by atoms with van der Waals surface area (Å²) in [4.78, 5) is 0. The zero-order valence-corrected chi connectivity index (χ0v) is 10.7. The molecular weight excluding hydrogens is 170 g/mol. The van der Waals surface area contributed by atoms with E-state index < -0.39 is 0 Å². The second kappa shape index (κ2) is 4.66. The second-order valence-corrected chi connectivity index (χ2v) is 5.69. The summed E-state index contributed by atoms with van der Waals surface area (Å²) >= 11 is 0. The Morgan fingerprint density at radius 2 is 1.71 bits per heavy atom. The van der Waals surface area contributed by atoms with Crippen LogP contribution in [0.15, 0.2) is 11.8 Å². The molecule has 14 heavy (non-hydrogen) atoms. The molecule has 0 rings (SSSR count). The number of rotatable bonds is 2. The largest absolute Gasteiger partial charge is 0.292 e. The van der Waals surface area contributed by atoms with Gasteiger partial charge in [-0.05, 0) is 46.1 Å². The second-order valence-electron chi connectivity index (χ2n) is 5.69. The Kier molecular flexibility index (Phi) is 4.42. The summed E-state index contributed by atoms with van der Waals surface area (Å²) in [5, 5.41) is 0. The van der Waals surface area contributed by atoms with E-state index in [0.717, 1.165) is 11.0 Å². The number of quaternary nitrogens is 1. The molecule has 0 aliphatic carbocycles. The maximum atomic E-state index is 3.26. The Morgan fingerprint density at radius 3 is 2.07 bits per heavy atom. The maximum absolute atomic E-state index is 3.26. The van der Waals surface area contributed by atoms with Crippen LogP contribution >= 0.6 is 0 Å². The first kappa shape index (κ1) is 13.3. The van der Waals surface area contributed by atoms with Crippen molar-refractivity contribution in [3.63, 3.8) is 0 Å². The molecule has 0 aromatic heterocycles. The number of hydrogen-bond donors (Lipinski definition) is 0. The van der Waals surface area contributed by atoms with E-state index in [1.165, 1.54) is 5.57 Å². The minimum absolute atomic E-state index is 0.116. The van der Waals surface area contributed by atoms with Gasteiger partial charge in [0.2, 0.25) is 0 Å². The van der Waals surface area contributed by atoms with E-state index >= 15 is 0 Å². The molecule has 0 spiro atoms. The Balaban J connectivity index is 4.38. The molecule has 1 heteroatoms. The molecule has 0 heterocycles. The predicted molar refractivity (Wildman–Crippen MR) is 63.6 cm³/mol. The molecule has 0 amide bonds. The summed E-state index contributed by atoms with van der Waals surface area (Å²) in [5.41, 5.74) is 1.46. The summed E-state index contributed by atoms with van der Waals surface area (Å²) in [6, 6.07) is 0. The van der Waals surface area contributed by atoms with Gasteiger partial charge in [0.05, 0.1) is 20.3 Å². The third-order valence-electron chi connectivity index (χ3n) is 1.56. The standard InChI is InChI=1S/C13H24N/c1-12(2)11-14(6,7)10-8-9-13(3,4)5/h11H,10H2,1-7H3/q+1. The van der Waals surface area contributed by atoms with Gasteiger partial charge in [-0.15, -0.1) is 0 Å². The van der Waals surface area contributed by atoms with E-state index in [0.29, 0.717) is 0 Å². The molecule has 0 aliphatic rings. The average Bonchev–Trinajstić information content (AvgIpc) is 1.78. The van der Waals surface area contributed by atoms with E-state index in [1.54, 1.807) is 0 Å². The maximum Gasteiger partial charge on any atom is 0.144 e. The van der Waals surface area contributed by atoms with Gasteiger partial charge in [0.1, 0.15) is 6.54 Å². The number of allylic oxidation sites excluding steroid dienone is 1. The normalized spacial score (nSPS) is 11.6. The number of nitrogens with zero attached hydrogens (tertiary/aromatic N) is 1. The van der Waals surface area contributed by atoms with Crippen LogP contribution in [0.4, 0.5) is 0 Å². The summed E-state index contributed by atoms with van der Waals surface area (Å²) in [6.07, 6.45) is 2.23. The lowest BCUT2D eigenvalue weighted by molar-refractivity contribution is -0.831. The van der Waals surface area contributed by atoms with Gasteiger partial charge in [-0.25, -0.2) is 0 Å². The summed E-state index contributed by atoms with van der Waals surface area (Å²) in [5.74, 6) is 6.50. The molecule has 0 fully saturated rings. The molecular formula is C13H24N+. The average molecular weight is 194 g/mol. The Hall–Kier alpha value is -0.740. The lowest BCUT2D eigenvalue weighted by Crippen LogP contribution is -2.33. The molecule has 0 atom stereocenters. The van der Waals surface area contributed by atoms with Gasteiger partial charge in [-0.1, -0.05) is 5.92 Å². The molecule has 0 bridgehead atoms. The van der Waals surface area contributed by atoms with Crippen LogP contribution in [-0.4, -0.2) is 25.1 Å². The molecule has 80 valence electrons. The van der Waals surface area contributed by atoms with E-state index in [4.69, 9.17) is 0 Å². The fourth-order valence-electron chi connectivity index (χ4n) is 1.25. The molecule has 0 unspecified atom stereocenters. The van der Waals surface area contributed by atoms with Crippen molar-refractivity contribution in [1.29, 1.82) is 0 Å². The summed E-state index contributed by atoms with van der Waals surface area (Å²) in [7, 11) is 4.34. The van der Waals surface area contributed by atoms with Crippen molar-refractivity contribution in [3.05, 3.63) is 11.8 Å². The molecule has 0 aliphatic heterocycles.